The van der Waals surface area contributed by atoms with Gasteiger partial charge in [-0.15, -0.1) is 0 Å². The molecule has 0 bridgehead atoms. The molecule has 0 aliphatic heterocycles. The highest BCUT2D eigenvalue weighted by Gasteiger charge is 2.12. The van der Waals surface area contributed by atoms with Crippen LogP contribution >= 0.6 is 31.9 Å². The van der Waals surface area contributed by atoms with Gasteiger partial charge in [0.1, 0.15) is 5.69 Å². The summed E-state index contributed by atoms with van der Waals surface area (Å²) in [5.41, 5.74) is 1.95. The summed E-state index contributed by atoms with van der Waals surface area (Å²) in [4.78, 5) is 11.5. The topological polar surface area (TPSA) is 55.0 Å². The lowest BCUT2D eigenvalue weighted by Crippen LogP contribution is -2.04. The summed E-state index contributed by atoms with van der Waals surface area (Å²) in [5.74, 6) is -0.398. The molecule has 0 aliphatic rings. The van der Waals surface area contributed by atoms with Crippen LogP contribution in [0.25, 0.3) is 11.3 Å². The van der Waals surface area contributed by atoms with Crippen molar-refractivity contribution in [1.29, 1.82) is 0 Å². The average molecular weight is 374 g/mol. The minimum absolute atomic E-state index is 0.343. The van der Waals surface area contributed by atoms with Crippen molar-refractivity contribution in [1.82, 2.24) is 10.2 Å². The molecule has 0 saturated carbocycles. The number of carbonyl (C=O) groups is 1. The standard InChI is InChI=1S/C12H10Br2N2O2/c1-2-18-12(17)11-6-10(15-16-11)7-3-8(13)5-9(14)4-7/h3-6H,2H2,1H3,(H,15,16). The number of rotatable bonds is 3. The number of hydrogen-bond acceptors (Lipinski definition) is 3. The predicted molar refractivity (Wildman–Crippen MR) is 75.4 cm³/mol. The zero-order chi connectivity index (χ0) is 13.1. The molecular weight excluding hydrogens is 364 g/mol. The van der Waals surface area contributed by atoms with E-state index in [9.17, 15) is 4.79 Å². The zero-order valence-corrected chi connectivity index (χ0v) is 12.7. The number of halogens is 2. The smallest absolute Gasteiger partial charge is 0.356 e. The van der Waals surface area contributed by atoms with Crippen LogP contribution in [-0.2, 0) is 4.74 Å². The molecule has 2 rings (SSSR count). The molecule has 2 aromatic rings. The molecule has 0 saturated heterocycles. The van der Waals surface area contributed by atoms with Crippen molar-refractivity contribution >= 4 is 37.8 Å². The van der Waals surface area contributed by atoms with Crippen LogP contribution < -0.4 is 0 Å². The van der Waals surface area contributed by atoms with Gasteiger partial charge < -0.3 is 4.74 Å². The van der Waals surface area contributed by atoms with Crippen LogP contribution in [0.2, 0.25) is 0 Å². The first-order chi connectivity index (χ1) is 8.60. The van der Waals surface area contributed by atoms with E-state index < -0.39 is 5.97 Å². The van der Waals surface area contributed by atoms with Gasteiger partial charge in [-0.05, 0) is 31.2 Å². The average Bonchev–Trinajstić information content (AvgIpc) is 2.77. The van der Waals surface area contributed by atoms with Crippen LogP contribution in [0.4, 0.5) is 0 Å². The molecule has 1 N–H and O–H groups in total. The Morgan fingerprint density at radius 1 is 1.28 bits per heavy atom. The molecule has 6 heteroatoms. The summed E-state index contributed by atoms with van der Waals surface area (Å²) in [6, 6.07) is 7.46. The third-order valence-corrected chi connectivity index (χ3v) is 3.15. The first-order valence-electron chi connectivity index (χ1n) is 5.29. The highest BCUT2D eigenvalue weighted by atomic mass is 79.9. The number of esters is 1. The Morgan fingerprint density at radius 3 is 2.56 bits per heavy atom. The monoisotopic (exact) mass is 372 g/mol. The molecule has 18 heavy (non-hydrogen) atoms. The normalized spacial score (nSPS) is 10.4. The molecule has 0 unspecified atom stereocenters. The molecular formula is C12H10Br2N2O2. The van der Waals surface area contributed by atoms with Crippen LogP contribution in [0, 0.1) is 0 Å². The maximum absolute atomic E-state index is 11.5. The van der Waals surface area contributed by atoms with Gasteiger partial charge in [-0.3, -0.25) is 5.10 Å². The Labute approximate surface area is 121 Å². The van der Waals surface area contributed by atoms with Crippen molar-refractivity contribution in [3.8, 4) is 11.3 Å². The van der Waals surface area contributed by atoms with Crippen LogP contribution in [0.5, 0.6) is 0 Å². The first-order valence-corrected chi connectivity index (χ1v) is 6.87. The van der Waals surface area contributed by atoms with Gasteiger partial charge >= 0.3 is 5.97 Å². The molecule has 0 atom stereocenters. The largest absolute Gasteiger partial charge is 0.461 e. The van der Waals surface area contributed by atoms with Gasteiger partial charge in [0.15, 0.2) is 0 Å². The molecule has 0 spiro atoms. The third-order valence-electron chi connectivity index (χ3n) is 2.23. The van der Waals surface area contributed by atoms with E-state index in [0.29, 0.717) is 18.0 Å². The maximum atomic E-state index is 11.5. The van der Waals surface area contributed by atoms with Crippen molar-refractivity contribution in [2.75, 3.05) is 6.61 Å². The van der Waals surface area contributed by atoms with Gasteiger partial charge in [0.25, 0.3) is 0 Å². The second-order valence-corrected chi connectivity index (χ2v) is 5.38. The van der Waals surface area contributed by atoms with E-state index in [1.54, 1.807) is 13.0 Å². The third kappa shape index (κ3) is 3.00. The fourth-order valence-electron chi connectivity index (χ4n) is 1.48. The quantitative estimate of drug-likeness (QED) is 0.833. The van der Waals surface area contributed by atoms with Crippen molar-refractivity contribution in [3.63, 3.8) is 0 Å². The van der Waals surface area contributed by atoms with E-state index in [2.05, 4.69) is 42.1 Å². The summed E-state index contributed by atoms with van der Waals surface area (Å²) >= 11 is 6.82. The molecule has 1 aromatic heterocycles. The van der Waals surface area contributed by atoms with E-state index in [0.717, 1.165) is 14.5 Å². The van der Waals surface area contributed by atoms with Crippen molar-refractivity contribution in [3.05, 3.63) is 38.9 Å². The fourth-order valence-corrected chi connectivity index (χ4v) is 2.78. The summed E-state index contributed by atoms with van der Waals surface area (Å²) in [5, 5.41) is 6.78. The van der Waals surface area contributed by atoms with Gasteiger partial charge in [0.2, 0.25) is 0 Å². The van der Waals surface area contributed by atoms with Gasteiger partial charge in [-0.2, -0.15) is 5.10 Å². The number of ether oxygens (including phenoxy) is 1. The predicted octanol–water partition coefficient (Wildman–Crippen LogP) is 3.78. The molecule has 4 nitrogen and oxygen atoms in total. The minimum atomic E-state index is -0.398. The van der Waals surface area contributed by atoms with Crippen molar-refractivity contribution in [2.45, 2.75) is 6.92 Å². The number of aromatic nitrogens is 2. The van der Waals surface area contributed by atoms with Crippen LogP contribution in [0.1, 0.15) is 17.4 Å². The maximum Gasteiger partial charge on any atom is 0.356 e. The number of H-pyrrole nitrogens is 1. The number of carbonyl (C=O) groups excluding carboxylic acids is 1. The Bertz CT molecular complexity index is 561. The SMILES string of the molecule is CCOC(=O)c1cc(-c2cc(Br)cc(Br)c2)n[nH]1. The van der Waals surface area contributed by atoms with E-state index in [-0.39, 0.29) is 0 Å². The zero-order valence-electron chi connectivity index (χ0n) is 9.54. The van der Waals surface area contributed by atoms with Gasteiger partial charge in [-0.25, -0.2) is 4.79 Å². The molecule has 0 fully saturated rings. The highest BCUT2D eigenvalue weighted by molar-refractivity contribution is 9.11. The van der Waals surface area contributed by atoms with Crippen LogP contribution in [0.15, 0.2) is 33.2 Å². The molecule has 1 aromatic carbocycles. The van der Waals surface area contributed by atoms with Gasteiger partial charge in [0, 0.05) is 14.5 Å². The van der Waals surface area contributed by atoms with E-state index in [4.69, 9.17) is 4.74 Å². The van der Waals surface area contributed by atoms with E-state index in [1.165, 1.54) is 0 Å². The second kappa shape index (κ2) is 5.67. The van der Waals surface area contributed by atoms with Gasteiger partial charge in [0.05, 0.1) is 12.3 Å². The van der Waals surface area contributed by atoms with Crippen LogP contribution in [-0.4, -0.2) is 22.8 Å². The number of hydrogen-bond donors (Lipinski definition) is 1. The van der Waals surface area contributed by atoms with Crippen LogP contribution in [0.3, 0.4) is 0 Å². The van der Waals surface area contributed by atoms with Crippen molar-refractivity contribution < 1.29 is 9.53 Å². The summed E-state index contributed by atoms with van der Waals surface area (Å²) in [6.45, 7) is 2.11. The first kappa shape index (κ1) is 13.3. The number of aromatic amines is 1. The molecule has 1 heterocycles. The lowest BCUT2D eigenvalue weighted by Gasteiger charge is -1.99. The Kier molecular flexibility index (Phi) is 4.19. The number of nitrogens with zero attached hydrogens (tertiary/aromatic N) is 1. The Hall–Kier alpha value is -1.14. The van der Waals surface area contributed by atoms with Crippen molar-refractivity contribution in [2.24, 2.45) is 0 Å². The molecule has 0 amide bonds. The van der Waals surface area contributed by atoms with E-state index in [1.807, 2.05) is 18.2 Å². The van der Waals surface area contributed by atoms with E-state index >= 15 is 0 Å². The molecule has 94 valence electrons. The molecule has 0 aliphatic carbocycles. The summed E-state index contributed by atoms with van der Waals surface area (Å²) < 4.78 is 6.77. The Balaban J connectivity index is 2.32. The lowest BCUT2D eigenvalue weighted by atomic mass is 10.1. The Morgan fingerprint density at radius 2 is 1.94 bits per heavy atom. The second-order valence-electron chi connectivity index (χ2n) is 3.55. The number of benzene rings is 1. The summed E-state index contributed by atoms with van der Waals surface area (Å²) in [6.07, 6.45) is 0. The fraction of sp³-hybridized carbons (Fsp3) is 0.167. The molecule has 0 radical (unpaired) electrons. The summed E-state index contributed by atoms with van der Waals surface area (Å²) in [7, 11) is 0. The number of nitrogens with one attached hydrogen (secondary N) is 1. The lowest BCUT2D eigenvalue weighted by molar-refractivity contribution is 0.0519. The minimum Gasteiger partial charge on any atom is -0.461 e. The van der Waals surface area contributed by atoms with Gasteiger partial charge in [-0.1, -0.05) is 31.9 Å². The highest BCUT2D eigenvalue weighted by Crippen LogP contribution is 2.26.